The fraction of sp³-hybridized carbons (Fsp3) is 0.188. The third kappa shape index (κ3) is 3.09. The van der Waals surface area contributed by atoms with Crippen LogP contribution in [0.2, 0.25) is 5.02 Å². The van der Waals surface area contributed by atoms with E-state index in [0.29, 0.717) is 21.8 Å². The molecule has 2 aromatic rings. The molecule has 22 heavy (non-hydrogen) atoms. The zero-order valence-corrected chi connectivity index (χ0v) is 13.0. The van der Waals surface area contributed by atoms with Crippen molar-refractivity contribution in [2.75, 3.05) is 0 Å². The fourth-order valence-corrected chi connectivity index (χ4v) is 2.28. The molecule has 0 bridgehead atoms. The molecule has 0 saturated carbocycles. The maximum absolute atomic E-state index is 12.5. The summed E-state index contributed by atoms with van der Waals surface area (Å²) in [7, 11) is 0. The summed E-state index contributed by atoms with van der Waals surface area (Å²) in [5.41, 5.74) is 5.60. The number of benzene rings is 1. The number of aryl methyl sites for hydroxylation is 1. The number of primary amides is 1. The summed E-state index contributed by atoms with van der Waals surface area (Å²) in [4.78, 5) is 28.4. The van der Waals surface area contributed by atoms with Crippen molar-refractivity contribution in [3.8, 4) is 0 Å². The molecule has 2 amide bonds. The van der Waals surface area contributed by atoms with Gasteiger partial charge in [-0.05, 0) is 43.7 Å². The second-order valence-corrected chi connectivity index (χ2v) is 5.53. The van der Waals surface area contributed by atoms with Crippen molar-refractivity contribution >= 4 is 23.4 Å². The van der Waals surface area contributed by atoms with Crippen LogP contribution in [-0.2, 0) is 10.3 Å². The zero-order valence-electron chi connectivity index (χ0n) is 12.3. The first-order valence-corrected chi connectivity index (χ1v) is 7.02. The number of nitrogens with two attached hydrogens (primary N) is 1. The summed E-state index contributed by atoms with van der Waals surface area (Å²) in [6, 6.07) is 9.95. The minimum absolute atomic E-state index is 0.386. The van der Waals surface area contributed by atoms with Crippen molar-refractivity contribution in [1.29, 1.82) is 0 Å². The quantitative estimate of drug-likeness (QED) is 0.906. The van der Waals surface area contributed by atoms with E-state index in [1.54, 1.807) is 56.4 Å². The number of rotatable bonds is 4. The van der Waals surface area contributed by atoms with Crippen LogP contribution in [0.5, 0.6) is 0 Å². The van der Waals surface area contributed by atoms with Crippen molar-refractivity contribution in [2.45, 2.75) is 19.4 Å². The smallest absolute Gasteiger partial charge is 0.254 e. The highest BCUT2D eigenvalue weighted by Crippen LogP contribution is 2.24. The summed E-state index contributed by atoms with van der Waals surface area (Å²) in [6.45, 7) is 3.26. The number of amides is 2. The minimum atomic E-state index is -1.37. The molecular formula is C16H16ClN3O2. The molecule has 0 aliphatic rings. The van der Waals surface area contributed by atoms with Gasteiger partial charge in [0.25, 0.3) is 5.91 Å². The van der Waals surface area contributed by atoms with Crippen molar-refractivity contribution < 1.29 is 9.59 Å². The van der Waals surface area contributed by atoms with E-state index in [1.807, 2.05) is 0 Å². The molecule has 0 fully saturated rings. The van der Waals surface area contributed by atoms with Crippen molar-refractivity contribution in [3.05, 3.63) is 64.4 Å². The lowest BCUT2D eigenvalue weighted by Crippen LogP contribution is -2.52. The number of hydrogen-bond donors (Lipinski definition) is 2. The number of halogens is 1. The van der Waals surface area contributed by atoms with Crippen LogP contribution in [0.1, 0.15) is 28.5 Å². The predicted molar refractivity (Wildman–Crippen MR) is 84.4 cm³/mol. The van der Waals surface area contributed by atoms with E-state index in [4.69, 9.17) is 17.3 Å². The average molecular weight is 318 g/mol. The normalized spacial score (nSPS) is 13.2. The maximum Gasteiger partial charge on any atom is 0.254 e. The van der Waals surface area contributed by atoms with E-state index in [9.17, 15) is 9.59 Å². The van der Waals surface area contributed by atoms with Gasteiger partial charge in [0.2, 0.25) is 5.91 Å². The van der Waals surface area contributed by atoms with Crippen LogP contribution >= 0.6 is 11.6 Å². The van der Waals surface area contributed by atoms with Gasteiger partial charge in [-0.3, -0.25) is 14.6 Å². The summed E-state index contributed by atoms with van der Waals surface area (Å²) in [6.07, 6.45) is 1.59. The van der Waals surface area contributed by atoms with Crippen LogP contribution < -0.4 is 11.1 Å². The Bertz CT molecular complexity index is 733. The SMILES string of the molecule is Cc1ncccc1C(=O)N[C@](C)(C(N)=O)c1cccc(Cl)c1. The van der Waals surface area contributed by atoms with Gasteiger partial charge < -0.3 is 11.1 Å². The summed E-state index contributed by atoms with van der Waals surface area (Å²) < 4.78 is 0. The molecule has 0 unspecified atom stereocenters. The lowest BCUT2D eigenvalue weighted by Gasteiger charge is -2.28. The number of nitrogens with one attached hydrogen (secondary N) is 1. The van der Waals surface area contributed by atoms with E-state index in [0.717, 1.165) is 0 Å². The van der Waals surface area contributed by atoms with Crippen LogP contribution in [0.15, 0.2) is 42.6 Å². The van der Waals surface area contributed by atoms with Gasteiger partial charge in [0.15, 0.2) is 0 Å². The third-order valence-electron chi connectivity index (χ3n) is 3.51. The summed E-state index contributed by atoms with van der Waals surface area (Å²) >= 11 is 5.96. The van der Waals surface area contributed by atoms with Crippen LogP contribution in [-0.4, -0.2) is 16.8 Å². The van der Waals surface area contributed by atoms with Gasteiger partial charge >= 0.3 is 0 Å². The molecule has 2 rings (SSSR count). The molecule has 1 aromatic carbocycles. The van der Waals surface area contributed by atoms with Crippen molar-refractivity contribution in [2.24, 2.45) is 5.73 Å². The first kappa shape index (κ1) is 16.0. The first-order chi connectivity index (χ1) is 10.3. The van der Waals surface area contributed by atoms with Crippen molar-refractivity contribution in [3.63, 3.8) is 0 Å². The van der Waals surface area contributed by atoms with Gasteiger partial charge in [-0.15, -0.1) is 0 Å². The van der Waals surface area contributed by atoms with Gasteiger partial charge in [-0.2, -0.15) is 0 Å². The molecule has 5 nitrogen and oxygen atoms in total. The number of nitrogens with zero attached hydrogens (tertiary/aromatic N) is 1. The molecule has 1 aromatic heterocycles. The van der Waals surface area contributed by atoms with Crippen LogP contribution in [0.25, 0.3) is 0 Å². The Labute approximate surface area is 133 Å². The number of carbonyl (C=O) groups is 2. The molecule has 114 valence electrons. The highest BCUT2D eigenvalue weighted by atomic mass is 35.5. The maximum atomic E-state index is 12.5. The number of hydrogen-bond acceptors (Lipinski definition) is 3. The van der Waals surface area contributed by atoms with Gasteiger partial charge in [0.05, 0.1) is 5.56 Å². The minimum Gasteiger partial charge on any atom is -0.367 e. The largest absolute Gasteiger partial charge is 0.367 e. The van der Waals surface area contributed by atoms with Crippen molar-refractivity contribution in [1.82, 2.24) is 10.3 Å². The van der Waals surface area contributed by atoms with E-state index in [2.05, 4.69) is 10.3 Å². The number of aromatic nitrogens is 1. The van der Waals surface area contributed by atoms with E-state index in [-0.39, 0.29) is 0 Å². The second kappa shape index (κ2) is 6.15. The Hall–Kier alpha value is -2.40. The van der Waals surface area contributed by atoms with Gasteiger partial charge in [-0.25, -0.2) is 0 Å². The number of pyridine rings is 1. The topological polar surface area (TPSA) is 85.1 Å². The standard InChI is InChI=1S/C16H16ClN3O2/c1-10-13(7-4-8-19-10)14(21)20-16(2,15(18)22)11-5-3-6-12(17)9-11/h3-9H,1-2H3,(H2,18,22)(H,20,21)/t16-/m0/s1. The summed E-state index contributed by atoms with van der Waals surface area (Å²) in [5, 5.41) is 3.14. The molecule has 3 N–H and O–H groups in total. The molecule has 0 aliphatic carbocycles. The number of carbonyl (C=O) groups excluding carboxylic acids is 2. The molecule has 6 heteroatoms. The Kier molecular flexibility index (Phi) is 4.47. The van der Waals surface area contributed by atoms with E-state index < -0.39 is 17.4 Å². The molecule has 0 saturated heterocycles. The van der Waals surface area contributed by atoms with Crippen LogP contribution in [0.4, 0.5) is 0 Å². The second-order valence-electron chi connectivity index (χ2n) is 5.09. The third-order valence-corrected chi connectivity index (χ3v) is 3.74. The summed E-state index contributed by atoms with van der Waals surface area (Å²) in [5.74, 6) is -1.10. The lowest BCUT2D eigenvalue weighted by atomic mass is 9.90. The highest BCUT2D eigenvalue weighted by Gasteiger charge is 2.35. The Morgan fingerprint density at radius 1 is 1.27 bits per heavy atom. The van der Waals surface area contributed by atoms with Crippen LogP contribution in [0.3, 0.4) is 0 Å². The van der Waals surface area contributed by atoms with E-state index >= 15 is 0 Å². The Morgan fingerprint density at radius 3 is 2.59 bits per heavy atom. The Balaban J connectivity index is 2.39. The monoisotopic (exact) mass is 317 g/mol. The lowest BCUT2D eigenvalue weighted by molar-refractivity contribution is -0.123. The fourth-order valence-electron chi connectivity index (χ4n) is 2.09. The predicted octanol–water partition coefficient (Wildman–Crippen LogP) is 2.17. The molecule has 0 aliphatic heterocycles. The first-order valence-electron chi connectivity index (χ1n) is 6.64. The average Bonchev–Trinajstić information content (AvgIpc) is 2.47. The molecular weight excluding hydrogens is 302 g/mol. The Morgan fingerprint density at radius 2 is 2.00 bits per heavy atom. The molecule has 1 atom stereocenters. The van der Waals surface area contributed by atoms with Gasteiger partial charge in [0.1, 0.15) is 5.54 Å². The van der Waals surface area contributed by atoms with E-state index in [1.165, 1.54) is 0 Å². The highest BCUT2D eigenvalue weighted by molar-refractivity contribution is 6.30. The van der Waals surface area contributed by atoms with Crippen LogP contribution in [0, 0.1) is 6.92 Å². The zero-order chi connectivity index (χ0) is 16.3. The molecule has 0 radical (unpaired) electrons. The molecule has 1 heterocycles. The van der Waals surface area contributed by atoms with Gasteiger partial charge in [-0.1, -0.05) is 23.7 Å². The van der Waals surface area contributed by atoms with Gasteiger partial charge in [0, 0.05) is 16.9 Å². The molecule has 0 spiro atoms.